The molecule has 0 spiro atoms. The Bertz CT molecular complexity index is 326. The van der Waals surface area contributed by atoms with Crippen molar-refractivity contribution < 1.29 is 14.2 Å². The van der Waals surface area contributed by atoms with Crippen LogP contribution in [0.5, 0.6) is 5.88 Å². The van der Waals surface area contributed by atoms with Crippen LogP contribution in [0.2, 0.25) is 0 Å². The van der Waals surface area contributed by atoms with Crippen LogP contribution in [0.1, 0.15) is 12.5 Å². The van der Waals surface area contributed by atoms with Crippen molar-refractivity contribution in [3.8, 4) is 5.88 Å². The van der Waals surface area contributed by atoms with E-state index >= 15 is 0 Å². The molecule has 4 heteroatoms. The van der Waals surface area contributed by atoms with Gasteiger partial charge in [-0.15, -0.1) is 0 Å². The van der Waals surface area contributed by atoms with E-state index in [-0.39, 0.29) is 24.7 Å². The Kier molecular flexibility index (Phi) is 4.07. The summed E-state index contributed by atoms with van der Waals surface area (Å²) in [6.07, 6.45) is 4.94. The minimum Gasteiger partial charge on any atom is -0.471 e. The van der Waals surface area contributed by atoms with E-state index in [0.29, 0.717) is 0 Å². The Morgan fingerprint density at radius 1 is 1.64 bits per heavy atom. The number of pyridine rings is 1. The summed E-state index contributed by atoms with van der Waals surface area (Å²) >= 11 is 0. The molecule has 0 amide bonds. The maximum atomic E-state index is 13.3. The molecule has 3 nitrogen and oxygen atoms in total. The standard InChI is InChI=1S/C10H12FNO2/c1-2-3-6-14-10-9(11)8(7-13)4-5-12-10/h2-5,13H,6-7H2,1H3/b3-2+. The molecule has 0 aliphatic rings. The van der Waals surface area contributed by atoms with Gasteiger partial charge in [-0.2, -0.15) is 0 Å². The van der Waals surface area contributed by atoms with Gasteiger partial charge in [-0.05, 0) is 13.0 Å². The fraction of sp³-hybridized carbons (Fsp3) is 0.300. The predicted molar refractivity (Wildman–Crippen MR) is 50.4 cm³/mol. The molecule has 0 fully saturated rings. The van der Waals surface area contributed by atoms with Gasteiger partial charge in [-0.3, -0.25) is 0 Å². The Hall–Kier alpha value is -1.42. The average Bonchev–Trinajstić information content (AvgIpc) is 2.21. The van der Waals surface area contributed by atoms with E-state index in [0.717, 1.165) is 0 Å². The van der Waals surface area contributed by atoms with Crippen LogP contribution >= 0.6 is 0 Å². The first-order valence-electron chi connectivity index (χ1n) is 4.27. The Morgan fingerprint density at radius 2 is 2.43 bits per heavy atom. The quantitative estimate of drug-likeness (QED) is 0.746. The van der Waals surface area contributed by atoms with Crippen LogP contribution in [-0.4, -0.2) is 16.7 Å². The zero-order valence-corrected chi connectivity index (χ0v) is 7.90. The third kappa shape index (κ3) is 2.53. The van der Waals surface area contributed by atoms with Crippen LogP contribution in [0.25, 0.3) is 0 Å². The van der Waals surface area contributed by atoms with Gasteiger partial charge in [0, 0.05) is 11.8 Å². The number of aliphatic hydroxyl groups is 1. The van der Waals surface area contributed by atoms with Crippen molar-refractivity contribution in [3.63, 3.8) is 0 Å². The van der Waals surface area contributed by atoms with Gasteiger partial charge in [-0.25, -0.2) is 9.37 Å². The number of halogens is 1. The van der Waals surface area contributed by atoms with Crippen molar-refractivity contribution in [3.05, 3.63) is 35.8 Å². The van der Waals surface area contributed by atoms with Crippen molar-refractivity contribution in [1.29, 1.82) is 0 Å². The molecule has 0 unspecified atom stereocenters. The van der Waals surface area contributed by atoms with Crippen molar-refractivity contribution in [2.24, 2.45) is 0 Å². The summed E-state index contributed by atoms with van der Waals surface area (Å²) in [5.41, 5.74) is 0.190. The molecule has 76 valence electrons. The summed E-state index contributed by atoms with van der Waals surface area (Å²) in [6, 6.07) is 1.41. The molecule has 1 N–H and O–H groups in total. The maximum Gasteiger partial charge on any atom is 0.251 e. The Morgan fingerprint density at radius 3 is 3.07 bits per heavy atom. The van der Waals surface area contributed by atoms with E-state index < -0.39 is 5.82 Å². The Balaban J connectivity index is 2.76. The first-order valence-corrected chi connectivity index (χ1v) is 4.27. The van der Waals surface area contributed by atoms with Gasteiger partial charge in [0.2, 0.25) is 0 Å². The summed E-state index contributed by atoms with van der Waals surface area (Å²) in [5, 5.41) is 8.78. The zero-order chi connectivity index (χ0) is 10.4. The lowest BCUT2D eigenvalue weighted by Gasteiger charge is -2.05. The molecule has 0 aromatic carbocycles. The highest BCUT2D eigenvalue weighted by Gasteiger charge is 2.08. The highest BCUT2D eigenvalue weighted by molar-refractivity contribution is 5.22. The molecule has 1 heterocycles. The number of aliphatic hydroxyl groups excluding tert-OH is 1. The summed E-state index contributed by atoms with van der Waals surface area (Å²) in [6.45, 7) is 1.76. The highest BCUT2D eigenvalue weighted by Crippen LogP contribution is 2.16. The van der Waals surface area contributed by atoms with Crippen molar-refractivity contribution >= 4 is 0 Å². The lowest BCUT2D eigenvalue weighted by atomic mass is 10.3. The van der Waals surface area contributed by atoms with E-state index in [1.807, 2.05) is 6.92 Å². The molecule has 0 bridgehead atoms. The molecule has 0 aliphatic carbocycles. The monoisotopic (exact) mass is 197 g/mol. The third-order valence-corrected chi connectivity index (χ3v) is 1.66. The highest BCUT2D eigenvalue weighted by atomic mass is 19.1. The van der Waals surface area contributed by atoms with Crippen LogP contribution in [0, 0.1) is 5.82 Å². The lowest BCUT2D eigenvalue weighted by molar-refractivity contribution is 0.268. The van der Waals surface area contributed by atoms with Crippen LogP contribution < -0.4 is 4.74 Å². The van der Waals surface area contributed by atoms with E-state index in [2.05, 4.69) is 4.98 Å². The fourth-order valence-corrected chi connectivity index (χ4v) is 0.908. The molecule has 0 saturated heterocycles. The SMILES string of the molecule is C/C=C/COc1nccc(CO)c1F. The number of ether oxygens (including phenoxy) is 1. The summed E-state index contributed by atoms with van der Waals surface area (Å²) in [4.78, 5) is 3.72. The molecule has 0 saturated carbocycles. The number of hydrogen-bond acceptors (Lipinski definition) is 3. The van der Waals surface area contributed by atoms with E-state index in [1.165, 1.54) is 12.3 Å². The van der Waals surface area contributed by atoms with E-state index in [9.17, 15) is 4.39 Å². The smallest absolute Gasteiger partial charge is 0.251 e. The number of rotatable bonds is 4. The van der Waals surface area contributed by atoms with E-state index in [1.54, 1.807) is 12.2 Å². The second-order valence-electron chi connectivity index (χ2n) is 2.63. The number of allylic oxidation sites excluding steroid dienone is 1. The van der Waals surface area contributed by atoms with Crippen molar-refractivity contribution in [1.82, 2.24) is 4.98 Å². The van der Waals surface area contributed by atoms with Crippen LogP contribution in [0.3, 0.4) is 0 Å². The minimum atomic E-state index is -0.598. The number of aromatic nitrogens is 1. The predicted octanol–water partition coefficient (Wildman–Crippen LogP) is 1.67. The van der Waals surface area contributed by atoms with Gasteiger partial charge < -0.3 is 9.84 Å². The molecular weight excluding hydrogens is 185 g/mol. The van der Waals surface area contributed by atoms with Gasteiger partial charge in [0.15, 0.2) is 5.82 Å². The third-order valence-electron chi connectivity index (χ3n) is 1.66. The van der Waals surface area contributed by atoms with Gasteiger partial charge in [0.25, 0.3) is 5.88 Å². The maximum absolute atomic E-state index is 13.3. The molecule has 0 atom stereocenters. The van der Waals surface area contributed by atoms with Gasteiger partial charge in [-0.1, -0.05) is 12.2 Å². The van der Waals surface area contributed by atoms with Crippen LogP contribution in [0.4, 0.5) is 4.39 Å². The van der Waals surface area contributed by atoms with Gasteiger partial charge in [0.1, 0.15) is 6.61 Å². The van der Waals surface area contributed by atoms with Crippen molar-refractivity contribution in [2.45, 2.75) is 13.5 Å². The number of nitrogens with zero attached hydrogens (tertiary/aromatic N) is 1. The lowest BCUT2D eigenvalue weighted by Crippen LogP contribution is -2.01. The molecule has 14 heavy (non-hydrogen) atoms. The van der Waals surface area contributed by atoms with Crippen LogP contribution in [0.15, 0.2) is 24.4 Å². The normalized spacial score (nSPS) is 10.8. The van der Waals surface area contributed by atoms with Gasteiger partial charge >= 0.3 is 0 Å². The summed E-state index contributed by atoms with van der Waals surface area (Å²) in [5.74, 6) is -0.672. The van der Waals surface area contributed by atoms with Gasteiger partial charge in [0.05, 0.1) is 6.61 Å². The molecule has 1 rings (SSSR count). The van der Waals surface area contributed by atoms with E-state index in [4.69, 9.17) is 9.84 Å². The topological polar surface area (TPSA) is 42.4 Å². The fourth-order valence-electron chi connectivity index (χ4n) is 0.908. The summed E-state index contributed by atoms with van der Waals surface area (Å²) in [7, 11) is 0. The molecule has 1 aromatic rings. The minimum absolute atomic E-state index is 0.0744. The zero-order valence-electron chi connectivity index (χ0n) is 7.90. The second kappa shape index (κ2) is 5.34. The molecule has 1 aromatic heterocycles. The number of hydrogen-bond donors (Lipinski definition) is 1. The molecule has 0 radical (unpaired) electrons. The van der Waals surface area contributed by atoms with Crippen molar-refractivity contribution in [2.75, 3.05) is 6.61 Å². The van der Waals surface area contributed by atoms with Crippen LogP contribution in [-0.2, 0) is 6.61 Å². The summed E-state index contributed by atoms with van der Waals surface area (Å²) < 4.78 is 18.4. The molecule has 0 aliphatic heterocycles. The first-order chi connectivity index (χ1) is 6.79. The first kappa shape index (κ1) is 10.7. The molecular formula is C10H12FNO2. The largest absolute Gasteiger partial charge is 0.471 e. The average molecular weight is 197 g/mol. The Labute approximate surface area is 81.9 Å². The second-order valence-corrected chi connectivity index (χ2v) is 2.63.